The lowest BCUT2D eigenvalue weighted by molar-refractivity contribution is -0.125. The van der Waals surface area contributed by atoms with Crippen molar-refractivity contribution in [3.63, 3.8) is 0 Å². The van der Waals surface area contributed by atoms with Crippen LogP contribution >= 0.6 is 11.6 Å². The Morgan fingerprint density at radius 1 is 1.22 bits per heavy atom. The number of carbonyl (C=O) groups is 2. The van der Waals surface area contributed by atoms with E-state index in [4.69, 9.17) is 16.3 Å². The van der Waals surface area contributed by atoms with Gasteiger partial charge in [-0.3, -0.25) is 4.79 Å². The second-order valence-corrected chi connectivity index (χ2v) is 10.5. The van der Waals surface area contributed by atoms with Crippen LogP contribution in [0, 0.1) is 5.92 Å². The fraction of sp³-hybridized carbons (Fsp3) is 0.500. The number of hydrogen-bond donors (Lipinski definition) is 3. The third kappa shape index (κ3) is 8.80. The first-order valence-electron chi connectivity index (χ1n) is 12.5. The Bertz CT molecular complexity index is 984. The molecule has 1 aliphatic rings. The number of methoxy groups -OCH3 is 1. The van der Waals surface area contributed by atoms with Crippen LogP contribution in [0.2, 0.25) is 5.02 Å². The molecule has 1 unspecified atom stereocenters. The van der Waals surface area contributed by atoms with Gasteiger partial charge in [-0.25, -0.2) is 4.79 Å². The van der Waals surface area contributed by atoms with Crippen LogP contribution in [0.25, 0.3) is 0 Å². The number of aliphatic hydroxyl groups is 1. The van der Waals surface area contributed by atoms with E-state index in [1.807, 2.05) is 44.2 Å². The van der Waals surface area contributed by atoms with Gasteiger partial charge in [0.2, 0.25) is 5.91 Å². The summed E-state index contributed by atoms with van der Waals surface area (Å²) >= 11 is 5.98. The molecule has 36 heavy (non-hydrogen) atoms. The van der Waals surface area contributed by atoms with Crippen LogP contribution in [-0.2, 0) is 16.0 Å². The molecular formula is C28H38ClN3O4. The first-order chi connectivity index (χ1) is 17.1. The minimum absolute atomic E-state index is 0.00613. The van der Waals surface area contributed by atoms with Crippen molar-refractivity contribution in [2.24, 2.45) is 5.92 Å². The average Bonchev–Trinajstić information content (AvgIpc) is 2.83. The van der Waals surface area contributed by atoms with Crippen LogP contribution in [0.4, 0.5) is 10.5 Å². The number of rotatable bonds is 4. The second-order valence-electron chi connectivity index (χ2n) is 10.1. The number of anilines is 1. The summed E-state index contributed by atoms with van der Waals surface area (Å²) in [5.41, 5.74) is 0.784. The molecule has 2 aromatic carbocycles. The Morgan fingerprint density at radius 3 is 2.58 bits per heavy atom. The van der Waals surface area contributed by atoms with Crippen molar-refractivity contribution in [2.75, 3.05) is 25.5 Å². The van der Waals surface area contributed by atoms with E-state index in [1.54, 1.807) is 36.3 Å². The van der Waals surface area contributed by atoms with Gasteiger partial charge in [0.15, 0.2) is 0 Å². The quantitative estimate of drug-likeness (QED) is 0.541. The first-order valence-corrected chi connectivity index (χ1v) is 12.9. The van der Waals surface area contributed by atoms with Gasteiger partial charge in [0.1, 0.15) is 0 Å². The van der Waals surface area contributed by atoms with E-state index in [0.717, 1.165) is 5.56 Å². The van der Waals surface area contributed by atoms with Gasteiger partial charge >= 0.3 is 6.03 Å². The molecule has 2 aromatic rings. The lowest BCUT2D eigenvalue weighted by Gasteiger charge is -2.31. The highest BCUT2D eigenvalue weighted by molar-refractivity contribution is 6.30. The molecule has 196 valence electrons. The topological polar surface area (TPSA) is 90.9 Å². The Kier molecular flexibility index (Phi) is 10.2. The van der Waals surface area contributed by atoms with Crippen molar-refractivity contribution >= 4 is 29.2 Å². The van der Waals surface area contributed by atoms with Crippen molar-refractivity contribution in [2.45, 2.75) is 63.7 Å². The largest absolute Gasteiger partial charge is 0.390 e. The van der Waals surface area contributed by atoms with Crippen molar-refractivity contribution in [1.29, 1.82) is 0 Å². The first kappa shape index (κ1) is 28.0. The monoisotopic (exact) mass is 515 g/mol. The molecule has 0 radical (unpaired) electrons. The van der Waals surface area contributed by atoms with Gasteiger partial charge < -0.3 is 25.4 Å². The zero-order valence-electron chi connectivity index (χ0n) is 21.4. The van der Waals surface area contributed by atoms with E-state index in [1.165, 1.54) is 0 Å². The maximum atomic E-state index is 13.3. The summed E-state index contributed by atoms with van der Waals surface area (Å²) in [5, 5.41) is 17.7. The Labute approximate surface area is 219 Å². The minimum Gasteiger partial charge on any atom is -0.390 e. The number of hydrogen-bond acceptors (Lipinski definition) is 4. The summed E-state index contributed by atoms with van der Waals surface area (Å²) in [6.07, 6.45) is 2.13. The van der Waals surface area contributed by atoms with Gasteiger partial charge in [0, 0.05) is 30.9 Å². The third-order valence-corrected chi connectivity index (χ3v) is 6.99. The van der Waals surface area contributed by atoms with Crippen LogP contribution in [-0.4, -0.2) is 59.9 Å². The van der Waals surface area contributed by atoms with E-state index in [0.29, 0.717) is 49.5 Å². The molecule has 0 saturated carbocycles. The van der Waals surface area contributed by atoms with Gasteiger partial charge in [0.25, 0.3) is 0 Å². The van der Waals surface area contributed by atoms with Crippen molar-refractivity contribution in [1.82, 2.24) is 10.2 Å². The zero-order chi connectivity index (χ0) is 26.1. The normalized spacial score (nSPS) is 26.2. The molecule has 0 bridgehead atoms. The van der Waals surface area contributed by atoms with E-state index < -0.39 is 5.60 Å². The van der Waals surface area contributed by atoms with Gasteiger partial charge in [-0.15, -0.1) is 0 Å². The molecule has 1 heterocycles. The smallest absolute Gasteiger partial charge is 0.321 e. The predicted molar refractivity (Wildman–Crippen MR) is 143 cm³/mol. The maximum absolute atomic E-state index is 13.3. The lowest BCUT2D eigenvalue weighted by Crippen LogP contribution is -2.49. The molecule has 0 aromatic heterocycles. The molecule has 3 amide bonds. The highest BCUT2D eigenvalue weighted by atomic mass is 35.5. The maximum Gasteiger partial charge on any atom is 0.321 e. The van der Waals surface area contributed by atoms with Crippen LogP contribution in [0.15, 0.2) is 54.6 Å². The van der Waals surface area contributed by atoms with Gasteiger partial charge in [-0.1, -0.05) is 48.9 Å². The molecule has 1 aliphatic heterocycles. The number of carbonyl (C=O) groups excluding carboxylic acids is 2. The lowest BCUT2D eigenvalue weighted by atomic mass is 9.85. The summed E-state index contributed by atoms with van der Waals surface area (Å²) in [5.74, 6) is -0.139. The number of nitrogens with one attached hydrogen (secondary N) is 2. The molecule has 1 fully saturated rings. The van der Waals surface area contributed by atoms with E-state index >= 15 is 0 Å². The van der Waals surface area contributed by atoms with Crippen LogP contribution in [0.5, 0.6) is 0 Å². The highest BCUT2D eigenvalue weighted by Crippen LogP contribution is 2.27. The summed E-state index contributed by atoms with van der Waals surface area (Å²) < 4.78 is 5.63. The summed E-state index contributed by atoms with van der Waals surface area (Å²) in [4.78, 5) is 28.1. The number of amides is 3. The third-order valence-electron chi connectivity index (χ3n) is 6.74. The molecule has 0 aliphatic carbocycles. The standard InChI is InChI=1S/C28H38ClN3O4/c1-20-18-28(2,35)14-7-15-32(27(34)31-23-12-10-22(29)11-13-23)19-24(16-21-8-5-4-6-9-21)30-26(33)17-25(20)36-3/h4-6,8-13,20,24-25,35H,7,14-19H2,1-3H3,(H,30,33)(H,31,34)/t20-,24?,25-,28-/m1/s1. The van der Waals surface area contributed by atoms with Crippen molar-refractivity contribution < 1.29 is 19.4 Å². The zero-order valence-corrected chi connectivity index (χ0v) is 22.1. The fourth-order valence-electron chi connectivity index (χ4n) is 4.90. The number of nitrogens with zero attached hydrogens (tertiary/aromatic N) is 1. The minimum atomic E-state index is -0.928. The molecule has 1 saturated heterocycles. The van der Waals surface area contributed by atoms with E-state index in [9.17, 15) is 14.7 Å². The van der Waals surface area contributed by atoms with Crippen molar-refractivity contribution in [3.05, 3.63) is 65.2 Å². The second kappa shape index (κ2) is 13.1. The molecule has 7 nitrogen and oxygen atoms in total. The summed E-state index contributed by atoms with van der Waals surface area (Å²) in [7, 11) is 1.60. The molecular weight excluding hydrogens is 478 g/mol. The Balaban J connectivity index is 1.85. The average molecular weight is 516 g/mol. The molecule has 0 spiro atoms. The number of urea groups is 1. The highest BCUT2D eigenvalue weighted by Gasteiger charge is 2.31. The SMILES string of the molecule is CO[C@@H]1CC(=O)NC(Cc2ccccc2)CN(C(=O)Nc2ccc(Cl)cc2)CCC[C@@](C)(O)C[C@H]1C. The van der Waals surface area contributed by atoms with Crippen molar-refractivity contribution in [3.8, 4) is 0 Å². The molecule has 3 N–H and O–H groups in total. The molecule has 8 heteroatoms. The van der Waals surface area contributed by atoms with Crippen LogP contribution in [0.3, 0.4) is 0 Å². The summed E-state index contributed by atoms with van der Waals surface area (Å²) in [6, 6.07) is 16.3. The van der Waals surface area contributed by atoms with Crippen LogP contribution in [0.1, 0.15) is 45.1 Å². The molecule has 4 atom stereocenters. The van der Waals surface area contributed by atoms with Crippen LogP contribution < -0.4 is 10.6 Å². The number of ether oxygens (including phenoxy) is 1. The summed E-state index contributed by atoms with van der Waals surface area (Å²) in [6.45, 7) is 4.59. The predicted octanol–water partition coefficient (Wildman–Crippen LogP) is 4.88. The number of benzene rings is 2. The Hall–Kier alpha value is -2.61. The van der Waals surface area contributed by atoms with Gasteiger partial charge in [-0.05, 0) is 68.4 Å². The fourth-order valence-corrected chi connectivity index (χ4v) is 5.03. The number of halogens is 1. The van der Waals surface area contributed by atoms with E-state index in [-0.39, 0.29) is 36.4 Å². The van der Waals surface area contributed by atoms with E-state index in [2.05, 4.69) is 10.6 Å². The Morgan fingerprint density at radius 2 is 1.92 bits per heavy atom. The van der Waals surface area contributed by atoms with Gasteiger partial charge in [0.05, 0.1) is 24.2 Å². The van der Waals surface area contributed by atoms with Gasteiger partial charge in [-0.2, -0.15) is 0 Å². The molecule has 3 rings (SSSR count).